The summed E-state index contributed by atoms with van der Waals surface area (Å²) in [5.41, 5.74) is 29.1. The molecule has 0 saturated heterocycles. The van der Waals surface area contributed by atoms with Crippen LogP contribution in [0.5, 0.6) is 0 Å². The Hall–Kier alpha value is -8.72. The molecular formula is C74H68N2. The normalized spacial score (nSPS) is 11.0. The monoisotopic (exact) mass is 985 g/mol. The molecule has 10 aromatic carbocycles. The van der Waals surface area contributed by atoms with E-state index in [0.717, 1.165) is 24.2 Å². The molecule has 76 heavy (non-hydrogen) atoms. The lowest BCUT2D eigenvalue weighted by atomic mass is 9.94. The zero-order valence-corrected chi connectivity index (χ0v) is 45.4. The third-order valence-electron chi connectivity index (χ3n) is 15.0. The number of hydrogen-bond acceptors (Lipinski definition) is 2. The van der Waals surface area contributed by atoms with E-state index in [-0.39, 0.29) is 0 Å². The van der Waals surface area contributed by atoms with Crippen molar-refractivity contribution in [3.05, 3.63) is 308 Å². The maximum atomic E-state index is 2.50. The largest absolute Gasteiger partial charge is 0.310 e. The minimum atomic E-state index is 0.928. The molecular weight excluding hydrogens is 917 g/mol. The number of para-hydroxylation sites is 2. The van der Waals surface area contributed by atoms with E-state index in [4.69, 9.17) is 0 Å². The lowest BCUT2D eigenvalue weighted by Gasteiger charge is -2.32. The summed E-state index contributed by atoms with van der Waals surface area (Å²) in [6.07, 6.45) is 6.55. The molecule has 2 nitrogen and oxygen atoms in total. The minimum Gasteiger partial charge on any atom is -0.310 e. The molecule has 0 bridgehead atoms. The first-order chi connectivity index (χ1) is 37.1. The molecule has 0 fully saturated rings. The number of nitrogens with zero attached hydrogens (tertiary/aromatic N) is 2. The van der Waals surface area contributed by atoms with Gasteiger partial charge < -0.3 is 9.80 Å². The predicted octanol–water partition coefficient (Wildman–Crippen LogP) is 20.4. The second kappa shape index (κ2) is 22.8. The van der Waals surface area contributed by atoms with E-state index in [1.807, 2.05) is 0 Å². The fraction of sp³-hybridized carbons (Fsp3) is 0.135. The maximum absolute atomic E-state index is 2.50. The summed E-state index contributed by atoms with van der Waals surface area (Å²) in [6.45, 7) is 18.0. The quantitative estimate of drug-likeness (QED) is 0.0945. The van der Waals surface area contributed by atoms with Crippen LogP contribution in [0.4, 0.5) is 34.1 Å². The zero-order valence-electron chi connectivity index (χ0n) is 45.4. The minimum absolute atomic E-state index is 0.928. The summed E-state index contributed by atoms with van der Waals surface area (Å²) < 4.78 is 0. The fourth-order valence-electron chi connectivity index (χ4n) is 11.0. The van der Waals surface area contributed by atoms with E-state index >= 15 is 0 Å². The van der Waals surface area contributed by atoms with Crippen molar-refractivity contribution >= 4 is 57.4 Å². The molecule has 0 aliphatic heterocycles. The van der Waals surface area contributed by atoms with Crippen LogP contribution in [0.25, 0.3) is 34.4 Å². The highest BCUT2D eigenvalue weighted by Crippen LogP contribution is 2.45. The highest BCUT2D eigenvalue weighted by Gasteiger charge is 2.23. The van der Waals surface area contributed by atoms with Crippen molar-refractivity contribution in [3.63, 3.8) is 0 Å². The standard InChI is InChI=1S/C74H68N2/c1-9-57-35-23-25-51(3)73(57)75(67-41-37-63(53(5)47-67)49-69(59-27-15-11-16-28-59)60-29-17-12-18-30-60)71-43-39-65(45-55(71)7)66-40-44-72(56(8)46-66)76(74-52(4)26-24-36-58(74)10-2)68-42-38-64(54(6)48-68)50-70(61-31-19-13-20-32-61)62-33-21-14-22-34-62/h11-50H,9-10H2,1-8H3. The van der Waals surface area contributed by atoms with Crippen molar-refractivity contribution in [2.75, 3.05) is 9.80 Å². The first kappa shape index (κ1) is 50.8. The van der Waals surface area contributed by atoms with Crippen molar-refractivity contribution in [2.24, 2.45) is 0 Å². The average Bonchev–Trinajstić information content (AvgIpc) is 3.46. The van der Waals surface area contributed by atoms with Crippen molar-refractivity contribution in [1.29, 1.82) is 0 Å². The van der Waals surface area contributed by atoms with Crippen molar-refractivity contribution in [2.45, 2.75) is 68.2 Å². The Labute approximate surface area is 452 Å². The lowest BCUT2D eigenvalue weighted by molar-refractivity contribution is 1.10. The van der Waals surface area contributed by atoms with Gasteiger partial charge in [0.05, 0.1) is 11.4 Å². The summed E-state index contributed by atoms with van der Waals surface area (Å²) in [5.74, 6) is 0. The molecule has 0 aliphatic carbocycles. The Balaban J connectivity index is 1.03. The molecule has 0 saturated carbocycles. The van der Waals surface area contributed by atoms with Gasteiger partial charge in [-0.2, -0.15) is 0 Å². The van der Waals surface area contributed by atoms with E-state index in [1.54, 1.807) is 0 Å². The summed E-state index contributed by atoms with van der Waals surface area (Å²) in [5, 5.41) is 0. The number of hydrogen-bond donors (Lipinski definition) is 0. The van der Waals surface area contributed by atoms with Gasteiger partial charge in [-0.1, -0.05) is 196 Å². The van der Waals surface area contributed by atoms with Crippen LogP contribution >= 0.6 is 0 Å². The fourth-order valence-corrected chi connectivity index (χ4v) is 11.0. The van der Waals surface area contributed by atoms with E-state index in [1.165, 1.54) is 123 Å². The molecule has 0 aliphatic rings. The molecule has 374 valence electrons. The lowest BCUT2D eigenvalue weighted by Crippen LogP contribution is -2.15. The third kappa shape index (κ3) is 10.6. The Kier molecular flexibility index (Phi) is 15.2. The summed E-state index contributed by atoms with van der Waals surface area (Å²) in [7, 11) is 0. The molecule has 0 spiro atoms. The van der Waals surface area contributed by atoms with Crippen molar-refractivity contribution in [3.8, 4) is 11.1 Å². The Morgan fingerprint density at radius 3 is 0.961 bits per heavy atom. The SMILES string of the molecule is CCc1cccc(C)c1N(c1ccc(C=C(c2ccccc2)c2ccccc2)c(C)c1)c1ccc(-c2ccc(N(c3ccc(C=C(c4ccccc4)c4ccccc4)c(C)c3)c3c(C)cccc3CC)c(C)c2)cc1C. The predicted molar refractivity (Wildman–Crippen MR) is 328 cm³/mol. The number of rotatable bonds is 15. The molecule has 0 heterocycles. The number of anilines is 6. The van der Waals surface area contributed by atoms with Gasteiger partial charge >= 0.3 is 0 Å². The molecule has 10 rings (SSSR count). The van der Waals surface area contributed by atoms with Crippen LogP contribution in [0.15, 0.2) is 231 Å². The molecule has 0 atom stereocenters. The molecule has 0 aromatic heterocycles. The first-order valence-electron chi connectivity index (χ1n) is 27.0. The highest BCUT2D eigenvalue weighted by atomic mass is 15.2. The van der Waals surface area contributed by atoms with Crippen LogP contribution in [-0.4, -0.2) is 0 Å². The van der Waals surface area contributed by atoms with Crippen molar-refractivity contribution < 1.29 is 0 Å². The molecule has 2 heteroatoms. The molecule has 0 amide bonds. The van der Waals surface area contributed by atoms with Crippen LogP contribution in [0.3, 0.4) is 0 Å². The van der Waals surface area contributed by atoms with Crippen LogP contribution < -0.4 is 9.80 Å². The second-order valence-electron chi connectivity index (χ2n) is 20.2. The smallest absolute Gasteiger partial charge is 0.0522 e. The van der Waals surface area contributed by atoms with Gasteiger partial charge in [0.15, 0.2) is 0 Å². The zero-order chi connectivity index (χ0) is 52.7. The van der Waals surface area contributed by atoms with Gasteiger partial charge in [-0.3, -0.25) is 0 Å². The van der Waals surface area contributed by atoms with Gasteiger partial charge in [0.2, 0.25) is 0 Å². The number of aryl methyl sites for hydroxylation is 8. The van der Waals surface area contributed by atoms with Gasteiger partial charge in [-0.15, -0.1) is 0 Å². The van der Waals surface area contributed by atoms with E-state index in [9.17, 15) is 0 Å². The Morgan fingerprint density at radius 1 is 0.316 bits per heavy atom. The van der Waals surface area contributed by atoms with Gasteiger partial charge in [0.25, 0.3) is 0 Å². The summed E-state index contributed by atoms with van der Waals surface area (Å²) in [6, 6.07) is 84.3. The Bertz CT molecular complexity index is 3390. The van der Waals surface area contributed by atoms with E-state index < -0.39 is 0 Å². The first-order valence-corrected chi connectivity index (χ1v) is 27.0. The maximum Gasteiger partial charge on any atom is 0.0522 e. The van der Waals surface area contributed by atoms with Crippen LogP contribution in [0.2, 0.25) is 0 Å². The topological polar surface area (TPSA) is 6.48 Å². The molecule has 10 aromatic rings. The van der Waals surface area contributed by atoms with Crippen molar-refractivity contribution in [1.82, 2.24) is 0 Å². The average molecular weight is 985 g/mol. The highest BCUT2D eigenvalue weighted by molar-refractivity contribution is 5.94. The molecule has 0 unspecified atom stereocenters. The summed E-state index contributed by atoms with van der Waals surface area (Å²) >= 11 is 0. The van der Waals surface area contributed by atoms with Crippen LogP contribution in [-0.2, 0) is 12.8 Å². The number of benzene rings is 10. The molecule has 0 radical (unpaired) electrons. The van der Waals surface area contributed by atoms with Crippen LogP contribution in [0.1, 0.15) is 91.7 Å². The van der Waals surface area contributed by atoms with Crippen LogP contribution in [0, 0.1) is 41.5 Å². The van der Waals surface area contributed by atoms with Gasteiger partial charge in [0, 0.05) is 22.7 Å². The van der Waals surface area contributed by atoms with E-state index in [0.29, 0.717) is 0 Å². The van der Waals surface area contributed by atoms with Gasteiger partial charge in [0.1, 0.15) is 0 Å². The second-order valence-corrected chi connectivity index (χ2v) is 20.2. The van der Waals surface area contributed by atoms with Gasteiger partial charge in [-0.25, -0.2) is 0 Å². The van der Waals surface area contributed by atoms with Gasteiger partial charge in [-0.05, 0) is 215 Å². The summed E-state index contributed by atoms with van der Waals surface area (Å²) in [4.78, 5) is 4.99. The van der Waals surface area contributed by atoms with E-state index in [2.05, 4.69) is 308 Å². The molecule has 0 N–H and O–H groups in total. The third-order valence-corrected chi connectivity index (χ3v) is 15.0. The Morgan fingerprint density at radius 2 is 0.658 bits per heavy atom.